The quantitative estimate of drug-likeness (QED) is 0.773. The second-order valence-corrected chi connectivity index (χ2v) is 5.66. The van der Waals surface area contributed by atoms with Crippen LogP contribution in [-0.2, 0) is 6.42 Å². The topological polar surface area (TPSA) is 32.3 Å². The summed E-state index contributed by atoms with van der Waals surface area (Å²) in [5.74, 6) is 1.29. The summed E-state index contributed by atoms with van der Waals surface area (Å²) in [5.41, 5.74) is 1.31. The molecule has 1 saturated carbocycles. The monoisotopic (exact) mass is 247 g/mol. The van der Waals surface area contributed by atoms with Crippen molar-refractivity contribution in [2.75, 3.05) is 0 Å². The summed E-state index contributed by atoms with van der Waals surface area (Å²) in [6.07, 6.45) is 6.31. The predicted molar refractivity (Wildman–Crippen MR) is 75.8 cm³/mol. The fourth-order valence-corrected chi connectivity index (χ4v) is 2.64. The van der Waals surface area contributed by atoms with E-state index in [0.717, 1.165) is 18.4 Å². The van der Waals surface area contributed by atoms with E-state index in [1.54, 1.807) is 12.1 Å². The lowest BCUT2D eigenvalue weighted by Crippen LogP contribution is -2.29. The third-order valence-electron chi connectivity index (χ3n) is 3.88. The van der Waals surface area contributed by atoms with Gasteiger partial charge in [0.15, 0.2) is 0 Å². The van der Waals surface area contributed by atoms with Crippen molar-refractivity contribution in [1.29, 1.82) is 0 Å². The molecule has 1 aromatic rings. The highest BCUT2D eigenvalue weighted by atomic mass is 16.3. The molecule has 2 nitrogen and oxygen atoms in total. The van der Waals surface area contributed by atoms with Crippen LogP contribution in [0.15, 0.2) is 24.3 Å². The molecule has 1 aliphatic rings. The van der Waals surface area contributed by atoms with Gasteiger partial charge in [-0.15, -0.1) is 0 Å². The van der Waals surface area contributed by atoms with Gasteiger partial charge in [-0.3, -0.25) is 0 Å². The Labute approximate surface area is 110 Å². The molecule has 18 heavy (non-hydrogen) atoms. The number of benzene rings is 1. The van der Waals surface area contributed by atoms with Crippen LogP contribution >= 0.6 is 0 Å². The van der Waals surface area contributed by atoms with Gasteiger partial charge in [0.2, 0.25) is 0 Å². The smallest absolute Gasteiger partial charge is 0.115 e. The van der Waals surface area contributed by atoms with E-state index in [-0.39, 0.29) is 0 Å². The number of nitrogens with one attached hydrogen (secondary N) is 1. The second-order valence-electron chi connectivity index (χ2n) is 5.66. The van der Waals surface area contributed by atoms with Crippen LogP contribution in [0.25, 0.3) is 0 Å². The average Bonchev–Trinajstić information content (AvgIpc) is 3.07. The van der Waals surface area contributed by atoms with E-state index in [2.05, 4.69) is 19.2 Å². The molecule has 3 atom stereocenters. The van der Waals surface area contributed by atoms with E-state index in [1.807, 2.05) is 12.1 Å². The minimum Gasteiger partial charge on any atom is -0.508 e. The molecule has 1 fully saturated rings. The van der Waals surface area contributed by atoms with Gasteiger partial charge in [-0.1, -0.05) is 25.5 Å². The van der Waals surface area contributed by atoms with Crippen molar-refractivity contribution in [3.05, 3.63) is 29.8 Å². The van der Waals surface area contributed by atoms with Crippen molar-refractivity contribution in [2.45, 2.75) is 58.0 Å². The van der Waals surface area contributed by atoms with Crippen LogP contribution in [0.1, 0.15) is 45.1 Å². The first-order valence-electron chi connectivity index (χ1n) is 7.23. The molecule has 0 aromatic heterocycles. The van der Waals surface area contributed by atoms with Crippen LogP contribution in [0.3, 0.4) is 0 Å². The average molecular weight is 247 g/mol. The number of phenolic OH excluding ortho intramolecular Hbond substituents is 1. The van der Waals surface area contributed by atoms with Gasteiger partial charge in [0.05, 0.1) is 0 Å². The lowest BCUT2D eigenvalue weighted by atomic mass is 10.1. The molecule has 2 rings (SSSR count). The van der Waals surface area contributed by atoms with Crippen LogP contribution < -0.4 is 5.32 Å². The Morgan fingerprint density at radius 2 is 2.06 bits per heavy atom. The van der Waals surface area contributed by atoms with Gasteiger partial charge in [0.25, 0.3) is 0 Å². The molecule has 0 bridgehead atoms. The zero-order valence-corrected chi connectivity index (χ0v) is 11.5. The third-order valence-corrected chi connectivity index (χ3v) is 3.88. The normalized spacial score (nSPS) is 23.9. The van der Waals surface area contributed by atoms with E-state index >= 15 is 0 Å². The molecule has 3 unspecified atom stereocenters. The maximum atomic E-state index is 9.23. The standard InChI is InChI=1S/C16H25NO/c1-3-4-14-11-16(14)17-12(2)5-6-13-7-9-15(18)10-8-13/h7-10,12,14,16-18H,3-6,11H2,1-2H3. The number of phenols is 1. The van der Waals surface area contributed by atoms with Gasteiger partial charge >= 0.3 is 0 Å². The molecule has 0 radical (unpaired) electrons. The first-order valence-corrected chi connectivity index (χ1v) is 7.23. The molecule has 0 heterocycles. The predicted octanol–water partition coefficient (Wildman–Crippen LogP) is 3.49. The van der Waals surface area contributed by atoms with Gasteiger partial charge in [-0.05, 0) is 56.2 Å². The molecule has 0 saturated heterocycles. The first-order chi connectivity index (χ1) is 8.69. The Morgan fingerprint density at radius 3 is 2.72 bits per heavy atom. The summed E-state index contributed by atoms with van der Waals surface area (Å²) in [6.45, 7) is 4.55. The fourth-order valence-electron chi connectivity index (χ4n) is 2.64. The van der Waals surface area contributed by atoms with E-state index in [0.29, 0.717) is 11.8 Å². The van der Waals surface area contributed by atoms with Crippen LogP contribution in [0.2, 0.25) is 0 Å². The van der Waals surface area contributed by atoms with Crippen LogP contribution in [0.5, 0.6) is 5.75 Å². The molecule has 2 N–H and O–H groups in total. The molecule has 100 valence electrons. The van der Waals surface area contributed by atoms with Gasteiger partial charge in [-0.25, -0.2) is 0 Å². The first kappa shape index (κ1) is 13.4. The minimum absolute atomic E-state index is 0.352. The highest BCUT2D eigenvalue weighted by Crippen LogP contribution is 2.35. The Balaban J connectivity index is 1.66. The van der Waals surface area contributed by atoms with Crippen molar-refractivity contribution in [1.82, 2.24) is 5.32 Å². The van der Waals surface area contributed by atoms with Gasteiger partial charge in [-0.2, -0.15) is 0 Å². The zero-order chi connectivity index (χ0) is 13.0. The number of hydrogen-bond acceptors (Lipinski definition) is 2. The third kappa shape index (κ3) is 4.02. The number of rotatable bonds is 7. The number of aromatic hydroxyl groups is 1. The Morgan fingerprint density at radius 1 is 1.33 bits per heavy atom. The van der Waals surface area contributed by atoms with Crippen LogP contribution in [0, 0.1) is 5.92 Å². The zero-order valence-electron chi connectivity index (χ0n) is 11.5. The van der Waals surface area contributed by atoms with E-state index in [9.17, 15) is 5.11 Å². The van der Waals surface area contributed by atoms with Crippen molar-refractivity contribution in [3.63, 3.8) is 0 Å². The van der Waals surface area contributed by atoms with Gasteiger partial charge in [0, 0.05) is 12.1 Å². The summed E-state index contributed by atoms with van der Waals surface area (Å²) in [7, 11) is 0. The molecular formula is C16H25NO. The lowest BCUT2D eigenvalue weighted by Gasteiger charge is -2.13. The highest BCUT2D eigenvalue weighted by molar-refractivity contribution is 5.25. The van der Waals surface area contributed by atoms with Crippen LogP contribution in [-0.4, -0.2) is 17.2 Å². The molecule has 1 aliphatic carbocycles. The lowest BCUT2D eigenvalue weighted by molar-refractivity contribution is 0.474. The maximum absolute atomic E-state index is 9.23. The van der Waals surface area contributed by atoms with Gasteiger partial charge in [0.1, 0.15) is 5.75 Å². The summed E-state index contributed by atoms with van der Waals surface area (Å²) < 4.78 is 0. The van der Waals surface area contributed by atoms with Crippen molar-refractivity contribution in [3.8, 4) is 5.75 Å². The molecule has 0 aliphatic heterocycles. The summed E-state index contributed by atoms with van der Waals surface area (Å²) in [5, 5.41) is 12.9. The summed E-state index contributed by atoms with van der Waals surface area (Å²) in [4.78, 5) is 0. The van der Waals surface area contributed by atoms with Crippen LogP contribution in [0.4, 0.5) is 0 Å². The Bertz CT molecular complexity index is 360. The molecule has 0 amide bonds. The van der Waals surface area contributed by atoms with E-state index in [1.165, 1.54) is 31.2 Å². The summed E-state index contributed by atoms with van der Waals surface area (Å²) >= 11 is 0. The maximum Gasteiger partial charge on any atom is 0.115 e. The van der Waals surface area contributed by atoms with E-state index in [4.69, 9.17) is 0 Å². The fraction of sp³-hybridized carbons (Fsp3) is 0.625. The number of aryl methyl sites for hydroxylation is 1. The minimum atomic E-state index is 0.352. The number of hydrogen-bond donors (Lipinski definition) is 2. The SMILES string of the molecule is CCCC1CC1NC(C)CCc1ccc(O)cc1. The molecule has 0 spiro atoms. The largest absolute Gasteiger partial charge is 0.508 e. The molecule has 2 heteroatoms. The van der Waals surface area contributed by atoms with Crippen molar-refractivity contribution in [2.24, 2.45) is 5.92 Å². The Kier molecular flexibility index (Phi) is 4.65. The van der Waals surface area contributed by atoms with Crippen molar-refractivity contribution >= 4 is 0 Å². The van der Waals surface area contributed by atoms with E-state index < -0.39 is 0 Å². The summed E-state index contributed by atoms with van der Waals surface area (Å²) in [6, 6.07) is 8.93. The van der Waals surface area contributed by atoms with Crippen molar-refractivity contribution < 1.29 is 5.11 Å². The molecular weight excluding hydrogens is 222 g/mol. The van der Waals surface area contributed by atoms with Gasteiger partial charge < -0.3 is 10.4 Å². The highest BCUT2D eigenvalue weighted by Gasteiger charge is 2.36. The molecule has 1 aromatic carbocycles. The second kappa shape index (κ2) is 6.24. The Hall–Kier alpha value is -1.02.